The number of thiazole rings is 1. The average Bonchev–Trinajstić information content (AvgIpc) is 2.98. The molecule has 0 amide bonds. The van der Waals surface area contributed by atoms with Crippen molar-refractivity contribution in [1.82, 2.24) is 9.97 Å². The summed E-state index contributed by atoms with van der Waals surface area (Å²) in [5.74, 6) is -0.952. The molecule has 0 bridgehead atoms. The van der Waals surface area contributed by atoms with Gasteiger partial charge < -0.3 is 5.11 Å². The lowest BCUT2D eigenvalue weighted by molar-refractivity contribution is 0.0697. The van der Waals surface area contributed by atoms with Gasteiger partial charge in [-0.25, -0.2) is 9.78 Å². The second kappa shape index (κ2) is 5.63. The summed E-state index contributed by atoms with van der Waals surface area (Å²) >= 11 is 7.27. The van der Waals surface area contributed by atoms with Crippen LogP contribution in [-0.4, -0.2) is 21.0 Å². The molecular formula is C15H9ClN2O2S. The Hall–Kier alpha value is -2.24. The summed E-state index contributed by atoms with van der Waals surface area (Å²) in [6, 6.07) is 10.3. The van der Waals surface area contributed by atoms with Crippen LogP contribution in [0.2, 0.25) is 5.02 Å². The second-order valence-corrected chi connectivity index (χ2v) is 5.58. The van der Waals surface area contributed by atoms with Crippen LogP contribution in [0.25, 0.3) is 22.0 Å². The highest BCUT2D eigenvalue weighted by atomic mass is 35.5. The van der Waals surface area contributed by atoms with Gasteiger partial charge in [0.25, 0.3) is 0 Å². The third-order valence-electron chi connectivity index (χ3n) is 2.86. The van der Waals surface area contributed by atoms with Crippen molar-refractivity contribution in [3.05, 3.63) is 58.6 Å². The molecule has 2 heterocycles. The van der Waals surface area contributed by atoms with Crippen LogP contribution in [0.4, 0.5) is 0 Å². The SMILES string of the molecule is O=C(O)c1cccc(-c2csc(-c3ccc(Cl)cn3)n2)c1. The number of nitrogens with zero attached hydrogens (tertiary/aromatic N) is 2. The standard InChI is InChI=1S/C15H9ClN2O2S/c16-11-4-5-12(17-7-11)14-18-13(8-21-14)9-2-1-3-10(6-9)15(19)20/h1-8H,(H,19,20). The number of rotatable bonds is 3. The lowest BCUT2D eigenvalue weighted by atomic mass is 10.1. The quantitative estimate of drug-likeness (QED) is 0.785. The van der Waals surface area contributed by atoms with E-state index in [0.29, 0.717) is 5.02 Å². The van der Waals surface area contributed by atoms with E-state index in [2.05, 4.69) is 9.97 Å². The smallest absolute Gasteiger partial charge is 0.335 e. The Balaban J connectivity index is 1.96. The van der Waals surface area contributed by atoms with Crippen molar-refractivity contribution in [3.8, 4) is 22.0 Å². The molecule has 104 valence electrons. The van der Waals surface area contributed by atoms with Crippen molar-refractivity contribution >= 4 is 28.9 Å². The monoisotopic (exact) mass is 316 g/mol. The largest absolute Gasteiger partial charge is 0.478 e. The van der Waals surface area contributed by atoms with Crippen LogP contribution in [0.3, 0.4) is 0 Å². The highest BCUT2D eigenvalue weighted by Gasteiger charge is 2.10. The topological polar surface area (TPSA) is 63.1 Å². The number of carboxylic acids is 1. The van der Waals surface area contributed by atoms with Crippen molar-refractivity contribution in [1.29, 1.82) is 0 Å². The van der Waals surface area contributed by atoms with Gasteiger partial charge in [-0.1, -0.05) is 23.7 Å². The Labute approximate surface area is 129 Å². The van der Waals surface area contributed by atoms with Gasteiger partial charge >= 0.3 is 5.97 Å². The van der Waals surface area contributed by atoms with Crippen LogP contribution >= 0.6 is 22.9 Å². The molecule has 0 unspecified atom stereocenters. The van der Waals surface area contributed by atoms with Crippen LogP contribution in [0.5, 0.6) is 0 Å². The fourth-order valence-electron chi connectivity index (χ4n) is 1.84. The molecule has 0 saturated heterocycles. The summed E-state index contributed by atoms with van der Waals surface area (Å²) in [5.41, 5.74) is 2.48. The molecule has 0 aliphatic heterocycles. The molecule has 0 aliphatic rings. The van der Waals surface area contributed by atoms with E-state index >= 15 is 0 Å². The summed E-state index contributed by atoms with van der Waals surface area (Å²) in [6.45, 7) is 0. The maximum atomic E-state index is 11.0. The Morgan fingerprint density at radius 3 is 2.76 bits per heavy atom. The molecule has 0 spiro atoms. The van der Waals surface area contributed by atoms with E-state index in [1.165, 1.54) is 11.3 Å². The molecule has 4 nitrogen and oxygen atoms in total. The molecule has 3 aromatic rings. The molecular weight excluding hydrogens is 308 g/mol. The minimum Gasteiger partial charge on any atom is -0.478 e. The first kappa shape index (κ1) is 13.7. The van der Waals surface area contributed by atoms with Gasteiger partial charge in [0.15, 0.2) is 0 Å². The molecule has 0 fully saturated rings. The van der Waals surface area contributed by atoms with Crippen molar-refractivity contribution in [2.75, 3.05) is 0 Å². The average molecular weight is 317 g/mol. The third kappa shape index (κ3) is 2.94. The fourth-order valence-corrected chi connectivity index (χ4v) is 2.75. The maximum Gasteiger partial charge on any atom is 0.335 e. The molecule has 0 atom stereocenters. The highest BCUT2D eigenvalue weighted by molar-refractivity contribution is 7.13. The van der Waals surface area contributed by atoms with Crippen molar-refractivity contribution in [2.24, 2.45) is 0 Å². The van der Waals surface area contributed by atoms with Gasteiger partial charge in [0.1, 0.15) is 5.01 Å². The van der Waals surface area contributed by atoms with Gasteiger partial charge in [0, 0.05) is 17.1 Å². The van der Waals surface area contributed by atoms with Gasteiger partial charge in [0.2, 0.25) is 0 Å². The first-order chi connectivity index (χ1) is 10.1. The molecule has 1 N–H and O–H groups in total. The molecule has 2 aromatic heterocycles. The molecule has 6 heteroatoms. The van der Waals surface area contributed by atoms with Gasteiger partial charge in [-0.15, -0.1) is 11.3 Å². The van der Waals surface area contributed by atoms with Gasteiger partial charge in [-0.3, -0.25) is 4.98 Å². The van der Waals surface area contributed by atoms with Gasteiger partial charge in [-0.2, -0.15) is 0 Å². The summed E-state index contributed by atoms with van der Waals surface area (Å²) in [6.07, 6.45) is 1.57. The molecule has 1 aromatic carbocycles. The number of carboxylic acid groups (broad SMARTS) is 1. The van der Waals surface area contributed by atoms with Crippen LogP contribution in [0.15, 0.2) is 48.0 Å². The number of benzene rings is 1. The Morgan fingerprint density at radius 1 is 1.19 bits per heavy atom. The van der Waals surface area contributed by atoms with E-state index in [4.69, 9.17) is 16.7 Å². The van der Waals surface area contributed by atoms with E-state index in [1.807, 2.05) is 11.4 Å². The highest BCUT2D eigenvalue weighted by Crippen LogP contribution is 2.28. The van der Waals surface area contributed by atoms with Crippen molar-refractivity contribution in [3.63, 3.8) is 0 Å². The first-order valence-corrected chi connectivity index (χ1v) is 7.30. The summed E-state index contributed by atoms with van der Waals surface area (Å²) < 4.78 is 0. The fraction of sp³-hybridized carbons (Fsp3) is 0. The number of halogens is 1. The zero-order valence-corrected chi connectivity index (χ0v) is 12.2. The lowest BCUT2D eigenvalue weighted by Crippen LogP contribution is -1.95. The van der Waals surface area contributed by atoms with E-state index in [1.54, 1.807) is 36.5 Å². The number of aromatic nitrogens is 2. The third-order valence-corrected chi connectivity index (χ3v) is 3.94. The zero-order valence-electron chi connectivity index (χ0n) is 10.7. The first-order valence-electron chi connectivity index (χ1n) is 6.04. The van der Waals surface area contributed by atoms with E-state index in [0.717, 1.165) is 22.0 Å². The minimum atomic E-state index is -0.952. The maximum absolute atomic E-state index is 11.0. The summed E-state index contributed by atoms with van der Waals surface area (Å²) in [5, 5.41) is 12.2. The predicted molar refractivity (Wildman–Crippen MR) is 82.8 cm³/mol. The van der Waals surface area contributed by atoms with Crippen molar-refractivity contribution < 1.29 is 9.90 Å². The number of aromatic carboxylic acids is 1. The van der Waals surface area contributed by atoms with Gasteiger partial charge in [0.05, 0.1) is 22.0 Å². The molecule has 0 radical (unpaired) electrons. The van der Waals surface area contributed by atoms with Crippen LogP contribution in [0, 0.1) is 0 Å². The van der Waals surface area contributed by atoms with Crippen molar-refractivity contribution in [2.45, 2.75) is 0 Å². The summed E-state index contributed by atoms with van der Waals surface area (Å²) in [4.78, 5) is 19.7. The van der Waals surface area contributed by atoms with Crippen LogP contribution in [-0.2, 0) is 0 Å². The number of hydrogen-bond acceptors (Lipinski definition) is 4. The number of pyridine rings is 1. The molecule has 0 saturated carbocycles. The number of hydrogen-bond donors (Lipinski definition) is 1. The van der Waals surface area contributed by atoms with Gasteiger partial charge in [-0.05, 0) is 24.3 Å². The Kier molecular flexibility index (Phi) is 3.68. The molecule has 21 heavy (non-hydrogen) atoms. The normalized spacial score (nSPS) is 10.5. The van der Waals surface area contributed by atoms with E-state index in [9.17, 15) is 4.79 Å². The Bertz CT molecular complexity index is 799. The summed E-state index contributed by atoms with van der Waals surface area (Å²) in [7, 11) is 0. The lowest BCUT2D eigenvalue weighted by Gasteiger charge is -1.99. The van der Waals surface area contributed by atoms with Crippen LogP contribution < -0.4 is 0 Å². The van der Waals surface area contributed by atoms with Crippen LogP contribution in [0.1, 0.15) is 10.4 Å². The minimum absolute atomic E-state index is 0.242. The van der Waals surface area contributed by atoms with E-state index in [-0.39, 0.29) is 5.56 Å². The van der Waals surface area contributed by atoms with E-state index < -0.39 is 5.97 Å². The zero-order chi connectivity index (χ0) is 14.8. The molecule has 0 aliphatic carbocycles. The Morgan fingerprint density at radius 2 is 2.05 bits per heavy atom. The predicted octanol–water partition coefficient (Wildman–Crippen LogP) is 4.22. The number of carbonyl (C=O) groups is 1. The molecule has 3 rings (SSSR count). The second-order valence-electron chi connectivity index (χ2n) is 4.29.